The summed E-state index contributed by atoms with van der Waals surface area (Å²) in [5.41, 5.74) is 2.00. The Balaban J connectivity index is 1.72. The van der Waals surface area contributed by atoms with Gasteiger partial charge in [-0.15, -0.1) is 0 Å². The van der Waals surface area contributed by atoms with E-state index in [1.807, 2.05) is 19.1 Å². The van der Waals surface area contributed by atoms with Gasteiger partial charge in [-0.2, -0.15) is 0 Å². The molecule has 1 aromatic rings. The Morgan fingerprint density at radius 2 is 1.93 bits per heavy atom. The molecule has 1 aromatic heterocycles. The summed E-state index contributed by atoms with van der Waals surface area (Å²) in [6.07, 6.45) is 6.35. The second kappa shape index (κ2) is 7.51. The van der Waals surface area contributed by atoms with Gasteiger partial charge < -0.3 is 14.5 Å². The fourth-order valence-electron chi connectivity index (χ4n) is 5.07. The maximum Gasteiger partial charge on any atom is 0.316 e. The zero-order valence-corrected chi connectivity index (χ0v) is 17.7. The van der Waals surface area contributed by atoms with Crippen LogP contribution in [0.2, 0.25) is 0 Å². The molecular formula is C24H31NO4. The van der Waals surface area contributed by atoms with Gasteiger partial charge in [-0.05, 0) is 56.6 Å². The Bertz CT molecular complexity index is 869. The average Bonchev–Trinajstić information content (AvgIpc) is 3.06. The third-order valence-corrected chi connectivity index (χ3v) is 6.41. The topological polar surface area (TPSA) is 68.5 Å². The van der Waals surface area contributed by atoms with Gasteiger partial charge >= 0.3 is 5.97 Å². The summed E-state index contributed by atoms with van der Waals surface area (Å²) in [5, 5.41) is 3.30. The number of hydrogen-bond donors (Lipinski definition) is 1. The molecule has 2 aliphatic carbocycles. The van der Waals surface area contributed by atoms with Crippen LogP contribution in [0.4, 0.5) is 0 Å². The third-order valence-electron chi connectivity index (χ3n) is 6.41. The van der Waals surface area contributed by atoms with Crippen molar-refractivity contribution in [1.82, 2.24) is 5.32 Å². The van der Waals surface area contributed by atoms with Crippen molar-refractivity contribution in [2.24, 2.45) is 11.3 Å². The van der Waals surface area contributed by atoms with Crippen molar-refractivity contribution in [3.8, 4) is 0 Å². The predicted octanol–water partition coefficient (Wildman–Crippen LogP) is 4.92. The molecule has 5 heteroatoms. The molecule has 0 spiro atoms. The number of aryl methyl sites for hydroxylation is 1. The van der Waals surface area contributed by atoms with Gasteiger partial charge in [0.25, 0.3) is 0 Å². The highest BCUT2D eigenvalue weighted by molar-refractivity contribution is 6.00. The summed E-state index contributed by atoms with van der Waals surface area (Å²) >= 11 is 0. The molecule has 29 heavy (non-hydrogen) atoms. The van der Waals surface area contributed by atoms with E-state index < -0.39 is 11.8 Å². The van der Waals surface area contributed by atoms with Gasteiger partial charge in [-0.25, -0.2) is 0 Å². The van der Waals surface area contributed by atoms with Crippen molar-refractivity contribution in [2.45, 2.75) is 77.7 Å². The highest BCUT2D eigenvalue weighted by atomic mass is 16.5. The van der Waals surface area contributed by atoms with Crippen LogP contribution in [0.25, 0.3) is 0 Å². The molecule has 1 fully saturated rings. The second-order valence-electron chi connectivity index (χ2n) is 9.58. The molecule has 1 aliphatic heterocycles. The van der Waals surface area contributed by atoms with Gasteiger partial charge in [0.1, 0.15) is 23.5 Å². The lowest BCUT2D eigenvalue weighted by atomic mass is 9.67. The lowest BCUT2D eigenvalue weighted by Gasteiger charge is -2.41. The molecular weight excluding hydrogens is 366 g/mol. The number of nitrogens with one attached hydrogen (secondary N) is 1. The van der Waals surface area contributed by atoms with Crippen LogP contribution in [0.5, 0.6) is 0 Å². The Hall–Kier alpha value is -2.30. The number of carbonyl (C=O) groups is 2. The lowest BCUT2D eigenvalue weighted by Crippen LogP contribution is -2.44. The van der Waals surface area contributed by atoms with E-state index in [1.54, 1.807) is 0 Å². The highest BCUT2D eigenvalue weighted by Crippen LogP contribution is 2.48. The first-order valence-corrected chi connectivity index (χ1v) is 10.7. The fraction of sp³-hybridized carbons (Fsp3) is 0.583. The summed E-state index contributed by atoms with van der Waals surface area (Å²) in [7, 11) is 0. The zero-order valence-electron chi connectivity index (χ0n) is 17.7. The average molecular weight is 398 g/mol. The number of ketones is 1. The lowest BCUT2D eigenvalue weighted by molar-refractivity contribution is -0.155. The van der Waals surface area contributed by atoms with Gasteiger partial charge in [0.15, 0.2) is 5.78 Å². The molecule has 0 amide bonds. The molecule has 1 N–H and O–H groups in total. The number of allylic oxidation sites excluding steroid dienone is 2. The third kappa shape index (κ3) is 3.92. The summed E-state index contributed by atoms with van der Waals surface area (Å²) < 4.78 is 11.8. The zero-order chi connectivity index (χ0) is 20.8. The molecule has 4 rings (SSSR count). The molecule has 0 aromatic carbocycles. The van der Waals surface area contributed by atoms with Crippen LogP contribution < -0.4 is 5.32 Å². The minimum atomic E-state index is -0.661. The predicted molar refractivity (Wildman–Crippen MR) is 110 cm³/mol. The van der Waals surface area contributed by atoms with Crippen LogP contribution in [0.15, 0.2) is 40.1 Å². The first-order valence-electron chi connectivity index (χ1n) is 10.7. The van der Waals surface area contributed by atoms with Crippen LogP contribution in [0, 0.1) is 18.3 Å². The normalized spacial score (nSPS) is 27.4. The van der Waals surface area contributed by atoms with Crippen LogP contribution in [0.1, 0.15) is 76.2 Å². The van der Waals surface area contributed by atoms with Crippen LogP contribution in [0.3, 0.4) is 0 Å². The summed E-state index contributed by atoms with van der Waals surface area (Å²) in [4.78, 5) is 26.5. The molecule has 0 radical (unpaired) electrons. The SMILES string of the molecule is C=C1NC2=C(C(=O)CC(C)(C)C2)C(c2ccc(C)o2)C1C(=O)OC1CCCCC1. The standard InChI is InChI=1S/C24H31NO4/c1-14-10-11-19(28-14)22-20(23(27)29-16-8-6-5-7-9-16)15(2)25-17-12-24(3,4)13-18(26)21(17)22/h10-11,16,20,22,25H,2,5-9,12-13H2,1,3-4H3. The molecule has 3 aliphatic rings. The van der Waals surface area contributed by atoms with Gasteiger partial charge in [0.05, 0.1) is 5.92 Å². The van der Waals surface area contributed by atoms with Crippen LogP contribution >= 0.6 is 0 Å². The van der Waals surface area contributed by atoms with E-state index in [0.717, 1.165) is 43.6 Å². The molecule has 0 bridgehead atoms. The monoisotopic (exact) mass is 397 g/mol. The van der Waals surface area contributed by atoms with Crippen molar-refractivity contribution < 1.29 is 18.7 Å². The summed E-state index contributed by atoms with van der Waals surface area (Å²) in [6.45, 7) is 10.2. The van der Waals surface area contributed by atoms with Crippen molar-refractivity contribution in [3.05, 3.63) is 47.2 Å². The maximum atomic E-state index is 13.3. The Kier molecular flexibility index (Phi) is 5.18. The Morgan fingerprint density at radius 3 is 2.59 bits per heavy atom. The van der Waals surface area contributed by atoms with Crippen molar-refractivity contribution in [3.63, 3.8) is 0 Å². The molecule has 1 saturated carbocycles. The van der Waals surface area contributed by atoms with Crippen molar-refractivity contribution in [1.29, 1.82) is 0 Å². The second-order valence-corrected chi connectivity index (χ2v) is 9.58. The van der Waals surface area contributed by atoms with Gasteiger partial charge in [0, 0.05) is 23.4 Å². The van der Waals surface area contributed by atoms with Crippen molar-refractivity contribution >= 4 is 11.8 Å². The number of furan rings is 1. The maximum absolute atomic E-state index is 13.3. The first kappa shape index (κ1) is 20.0. The molecule has 156 valence electrons. The van der Waals surface area contributed by atoms with E-state index in [4.69, 9.17) is 9.15 Å². The minimum absolute atomic E-state index is 0.0422. The number of esters is 1. The first-order chi connectivity index (χ1) is 13.7. The summed E-state index contributed by atoms with van der Waals surface area (Å²) in [6, 6.07) is 3.75. The van der Waals surface area contributed by atoms with Gasteiger partial charge in [-0.1, -0.05) is 26.8 Å². The number of Topliss-reactive ketones (excluding diaryl/α,β-unsaturated/α-hetero) is 1. The molecule has 5 nitrogen and oxygen atoms in total. The summed E-state index contributed by atoms with van der Waals surface area (Å²) in [5.74, 6) is 0.0208. The quantitative estimate of drug-likeness (QED) is 0.733. The van der Waals surface area contributed by atoms with E-state index in [9.17, 15) is 9.59 Å². The number of rotatable bonds is 3. The molecule has 2 heterocycles. The Morgan fingerprint density at radius 1 is 1.21 bits per heavy atom. The molecule has 0 saturated heterocycles. The van der Waals surface area contributed by atoms with E-state index in [2.05, 4.69) is 25.7 Å². The smallest absolute Gasteiger partial charge is 0.316 e. The van der Waals surface area contributed by atoms with E-state index >= 15 is 0 Å². The molecule has 2 unspecified atom stereocenters. The number of carbonyl (C=O) groups excluding carboxylic acids is 2. The number of hydrogen-bond acceptors (Lipinski definition) is 5. The van der Waals surface area contributed by atoms with E-state index in [-0.39, 0.29) is 23.3 Å². The highest BCUT2D eigenvalue weighted by Gasteiger charge is 2.48. The molecule has 2 atom stereocenters. The minimum Gasteiger partial charge on any atom is -0.466 e. The van der Waals surface area contributed by atoms with Gasteiger partial charge in [0.2, 0.25) is 0 Å². The van der Waals surface area contributed by atoms with Crippen LogP contribution in [-0.2, 0) is 14.3 Å². The van der Waals surface area contributed by atoms with E-state index in [0.29, 0.717) is 23.5 Å². The fourth-order valence-corrected chi connectivity index (χ4v) is 5.07. The Labute approximate surface area is 172 Å². The van der Waals surface area contributed by atoms with Crippen LogP contribution in [-0.4, -0.2) is 17.9 Å². The largest absolute Gasteiger partial charge is 0.466 e. The number of ether oxygens (including phenoxy) is 1. The van der Waals surface area contributed by atoms with E-state index in [1.165, 1.54) is 6.42 Å². The van der Waals surface area contributed by atoms with Gasteiger partial charge in [-0.3, -0.25) is 9.59 Å². The van der Waals surface area contributed by atoms with Crippen molar-refractivity contribution in [2.75, 3.05) is 0 Å².